The first-order chi connectivity index (χ1) is 8.15. The molecule has 4 heteroatoms. The number of aromatic nitrogens is 2. The molecule has 1 fully saturated rings. The number of rotatable bonds is 3. The van der Waals surface area contributed by atoms with Crippen LogP contribution in [0.25, 0.3) is 0 Å². The molecule has 0 radical (unpaired) electrons. The molecule has 1 aliphatic carbocycles. The predicted molar refractivity (Wildman–Crippen MR) is 71.4 cm³/mol. The SMILES string of the molecule is Cc1nc(Cl)cc(NCC2CCCCC2C)n1. The average molecular weight is 254 g/mol. The zero-order valence-corrected chi connectivity index (χ0v) is 11.3. The van der Waals surface area contributed by atoms with Crippen molar-refractivity contribution in [2.45, 2.75) is 39.5 Å². The molecule has 0 saturated heterocycles. The van der Waals surface area contributed by atoms with Crippen LogP contribution in [0.15, 0.2) is 6.07 Å². The van der Waals surface area contributed by atoms with Gasteiger partial charge in [-0.05, 0) is 25.2 Å². The molecule has 0 aliphatic heterocycles. The fourth-order valence-corrected chi connectivity index (χ4v) is 2.78. The highest BCUT2D eigenvalue weighted by atomic mass is 35.5. The number of halogens is 1. The molecule has 17 heavy (non-hydrogen) atoms. The van der Waals surface area contributed by atoms with Crippen LogP contribution >= 0.6 is 11.6 Å². The van der Waals surface area contributed by atoms with Crippen molar-refractivity contribution in [2.75, 3.05) is 11.9 Å². The molecule has 1 heterocycles. The quantitative estimate of drug-likeness (QED) is 0.835. The van der Waals surface area contributed by atoms with Gasteiger partial charge in [0.05, 0.1) is 0 Å². The van der Waals surface area contributed by atoms with Crippen LogP contribution in [0.1, 0.15) is 38.4 Å². The van der Waals surface area contributed by atoms with E-state index in [1.54, 1.807) is 6.07 Å². The topological polar surface area (TPSA) is 37.8 Å². The molecule has 2 atom stereocenters. The minimum absolute atomic E-state index is 0.511. The van der Waals surface area contributed by atoms with Gasteiger partial charge in [0, 0.05) is 12.6 Å². The number of aryl methyl sites for hydroxylation is 1. The van der Waals surface area contributed by atoms with E-state index in [2.05, 4.69) is 22.2 Å². The normalized spacial score (nSPS) is 24.6. The van der Waals surface area contributed by atoms with Gasteiger partial charge in [-0.3, -0.25) is 0 Å². The van der Waals surface area contributed by atoms with E-state index in [0.717, 1.165) is 30.0 Å². The van der Waals surface area contributed by atoms with Gasteiger partial charge in [0.25, 0.3) is 0 Å². The van der Waals surface area contributed by atoms with Crippen LogP contribution in [-0.2, 0) is 0 Å². The minimum Gasteiger partial charge on any atom is -0.370 e. The number of nitrogens with zero attached hydrogens (tertiary/aromatic N) is 2. The van der Waals surface area contributed by atoms with Crippen molar-refractivity contribution in [3.63, 3.8) is 0 Å². The van der Waals surface area contributed by atoms with Crippen LogP contribution in [0.2, 0.25) is 5.15 Å². The Morgan fingerprint density at radius 1 is 1.35 bits per heavy atom. The first kappa shape index (κ1) is 12.6. The van der Waals surface area contributed by atoms with Crippen LogP contribution < -0.4 is 5.32 Å². The highest BCUT2D eigenvalue weighted by molar-refractivity contribution is 6.29. The van der Waals surface area contributed by atoms with Gasteiger partial charge >= 0.3 is 0 Å². The number of hydrogen-bond donors (Lipinski definition) is 1. The molecular formula is C13H20ClN3. The predicted octanol–water partition coefficient (Wildman–Crippen LogP) is 3.68. The first-order valence-electron chi connectivity index (χ1n) is 6.40. The van der Waals surface area contributed by atoms with E-state index in [0.29, 0.717) is 5.15 Å². The van der Waals surface area contributed by atoms with Crippen molar-refractivity contribution < 1.29 is 0 Å². The summed E-state index contributed by atoms with van der Waals surface area (Å²) in [6.07, 6.45) is 5.43. The van der Waals surface area contributed by atoms with Crippen molar-refractivity contribution in [3.8, 4) is 0 Å². The summed E-state index contributed by atoms with van der Waals surface area (Å²) < 4.78 is 0. The van der Waals surface area contributed by atoms with Gasteiger partial charge < -0.3 is 5.32 Å². The van der Waals surface area contributed by atoms with Crippen LogP contribution in [0.3, 0.4) is 0 Å². The summed E-state index contributed by atoms with van der Waals surface area (Å²) >= 11 is 5.91. The number of hydrogen-bond acceptors (Lipinski definition) is 3. The Bertz CT molecular complexity index is 361. The Morgan fingerprint density at radius 2 is 2.12 bits per heavy atom. The van der Waals surface area contributed by atoms with E-state index in [1.165, 1.54) is 25.7 Å². The van der Waals surface area contributed by atoms with E-state index in [4.69, 9.17) is 11.6 Å². The zero-order valence-electron chi connectivity index (χ0n) is 10.5. The van der Waals surface area contributed by atoms with Crippen molar-refractivity contribution >= 4 is 17.4 Å². The molecule has 2 unspecified atom stereocenters. The van der Waals surface area contributed by atoms with Gasteiger partial charge in [0.1, 0.15) is 16.8 Å². The first-order valence-corrected chi connectivity index (χ1v) is 6.78. The third-order valence-corrected chi connectivity index (χ3v) is 3.83. The smallest absolute Gasteiger partial charge is 0.134 e. The highest BCUT2D eigenvalue weighted by Gasteiger charge is 2.20. The molecule has 1 saturated carbocycles. The summed E-state index contributed by atoms with van der Waals surface area (Å²) in [5, 5.41) is 3.90. The molecule has 0 bridgehead atoms. The molecule has 1 N–H and O–H groups in total. The molecule has 0 amide bonds. The molecule has 3 nitrogen and oxygen atoms in total. The van der Waals surface area contributed by atoms with E-state index in [-0.39, 0.29) is 0 Å². The number of nitrogens with one attached hydrogen (secondary N) is 1. The van der Waals surface area contributed by atoms with Crippen LogP contribution in [0, 0.1) is 18.8 Å². The summed E-state index contributed by atoms with van der Waals surface area (Å²) in [6.45, 7) is 5.21. The monoisotopic (exact) mass is 253 g/mol. The van der Waals surface area contributed by atoms with E-state index >= 15 is 0 Å². The van der Waals surface area contributed by atoms with Gasteiger partial charge in [-0.2, -0.15) is 0 Å². The lowest BCUT2D eigenvalue weighted by Gasteiger charge is -2.28. The molecular weight excluding hydrogens is 234 g/mol. The van der Waals surface area contributed by atoms with Crippen molar-refractivity contribution in [1.29, 1.82) is 0 Å². The second-order valence-electron chi connectivity index (χ2n) is 5.03. The van der Waals surface area contributed by atoms with Crippen LogP contribution in [-0.4, -0.2) is 16.5 Å². The van der Waals surface area contributed by atoms with Crippen LogP contribution in [0.4, 0.5) is 5.82 Å². The summed E-state index contributed by atoms with van der Waals surface area (Å²) in [5.74, 6) is 3.14. The largest absolute Gasteiger partial charge is 0.370 e. The number of anilines is 1. The second-order valence-corrected chi connectivity index (χ2v) is 5.41. The average Bonchev–Trinajstić information content (AvgIpc) is 2.27. The van der Waals surface area contributed by atoms with Crippen molar-refractivity contribution in [2.24, 2.45) is 11.8 Å². The fourth-order valence-electron chi connectivity index (χ4n) is 2.55. The summed E-state index contributed by atoms with van der Waals surface area (Å²) in [6, 6.07) is 1.79. The lowest BCUT2D eigenvalue weighted by molar-refractivity contribution is 0.268. The fraction of sp³-hybridized carbons (Fsp3) is 0.692. The third kappa shape index (κ3) is 3.56. The van der Waals surface area contributed by atoms with E-state index in [1.807, 2.05) is 6.92 Å². The molecule has 94 valence electrons. The van der Waals surface area contributed by atoms with Gasteiger partial charge in [-0.15, -0.1) is 0 Å². The summed E-state index contributed by atoms with van der Waals surface area (Å²) in [4.78, 5) is 8.40. The van der Waals surface area contributed by atoms with Gasteiger partial charge in [0.2, 0.25) is 0 Å². The van der Waals surface area contributed by atoms with Crippen molar-refractivity contribution in [1.82, 2.24) is 9.97 Å². The Morgan fingerprint density at radius 3 is 2.82 bits per heavy atom. The molecule has 1 aromatic rings. The maximum absolute atomic E-state index is 5.91. The van der Waals surface area contributed by atoms with Gasteiger partial charge in [0.15, 0.2) is 0 Å². The molecule has 0 spiro atoms. The Kier molecular flexibility index (Phi) is 4.21. The van der Waals surface area contributed by atoms with Gasteiger partial charge in [-0.25, -0.2) is 9.97 Å². The standard InChI is InChI=1S/C13H20ClN3/c1-9-5-3-4-6-11(9)8-15-13-7-12(14)16-10(2)17-13/h7,9,11H,3-6,8H2,1-2H3,(H,15,16,17). The maximum atomic E-state index is 5.91. The van der Waals surface area contributed by atoms with E-state index < -0.39 is 0 Å². The maximum Gasteiger partial charge on any atom is 0.134 e. The Hall–Kier alpha value is -0.830. The van der Waals surface area contributed by atoms with Crippen molar-refractivity contribution in [3.05, 3.63) is 17.0 Å². The molecule has 0 aromatic carbocycles. The zero-order chi connectivity index (χ0) is 12.3. The Labute approximate surface area is 108 Å². The third-order valence-electron chi connectivity index (χ3n) is 3.64. The lowest BCUT2D eigenvalue weighted by atomic mass is 9.80. The summed E-state index contributed by atoms with van der Waals surface area (Å²) in [5.41, 5.74) is 0. The van der Waals surface area contributed by atoms with E-state index in [9.17, 15) is 0 Å². The molecule has 2 rings (SSSR count). The molecule has 1 aromatic heterocycles. The minimum atomic E-state index is 0.511. The highest BCUT2D eigenvalue weighted by Crippen LogP contribution is 2.29. The molecule has 1 aliphatic rings. The lowest BCUT2D eigenvalue weighted by Crippen LogP contribution is -2.24. The van der Waals surface area contributed by atoms with Gasteiger partial charge in [-0.1, -0.05) is 37.8 Å². The summed E-state index contributed by atoms with van der Waals surface area (Å²) in [7, 11) is 0. The second kappa shape index (κ2) is 5.67. The Balaban J connectivity index is 1.92. The van der Waals surface area contributed by atoms with Crippen LogP contribution in [0.5, 0.6) is 0 Å².